The van der Waals surface area contributed by atoms with Gasteiger partial charge in [0, 0.05) is 34.8 Å². The van der Waals surface area contributed by atoms with E-state index in [4.69, 9.17) is 9.47 Å². The highest BCUT2D eigenvalue weighted by atomic mass is 32.2. The Morgan fingerprint density at radius 1 is 1.06 bits per heavy atom. The summed E-state index contributed by atoms with van der Waals surface area (Å²) in [4.78, 5) is 25.6. The van der Waals surface area contributed by atoms with Crippen LogP contribution in [0.1, 0.15) is 11.4 Å². The van der Waals surface area contributed by atoms with E-state index in [9.17, 15) is 4.79 Å². The Hall–Kier alpha value is -3.65. The van der Waals surface area contributed by atoms with E-state index in [1.807, 2.05) is 55.5 Å². The number of rotatable bonds is 8. The van der Waals surface area contributed by atoms with Gasteiger partial charge in [0.1, 0.15) is 0 Å². The van der Waals surface area contributed by atoms with Gasteiger partial charge in [-0.1, -0.05) is 48.2 Å². The average molecular weight is 447 g/mol. The molecule has 0 aliphatic rings. The van der Waals surface area contributed by atoms with Crippen molar-refractivity contribution in [3.63, 3.8) is 0 Å². The largest absolute Gasteiger partial charge is 0.491 e. The summed E-state index contributed by atoms with van der Waals surface area (Å²) in [5.41, 5.74) is 2.42. The Bertz CT molecular complexity index is 1240. The highest BCUT2D eigenvalue weighted by Gasteiger charge is 2.12. The molecule has 0 saturated heterocycles. The van der Waals surface area contributed by atoms with E-state index in [-0.39, 0.29) is 12.5 Å². The summed E-state index contributed by atoms with van der Waals surface area (Å²) in [5.74, 6) is 1.22. The second-order valence-corrected chi connectivity index (χ2v) is 7.90. The number of nitrogens with zero attached hydrogens (tertiary/aromatic N) is 3. The molecule has 2 aromatic heterocycles. The highest BCUT2D eigenvalue weighted by Crippen LogP contribution is 2.29. The molecule has 4 aromatic rings. The summed E-state index contributed by atoms with van der Waals surface area (Å²) in [6.45, 7) is 1.77. The predicted molar refractivity (Wildman–Crippen MR) is 125 cm³/mol. The van der Waals surface area contributed by atoms with E-state index in [1.165, 1.54) is 18.9 Å². The second-order valence-electron chi connectivity index (χ2n) is 6.96. The molecule has 2 aromatic carbocycles. The van der Waals surface area contributed by atoms with Crippen LogP contribution >= 0.6 is 11.8 Å². The number of fused-ring (bicyclic) bond motifs is 1. The number of nitrogens with one attached hydrogen (secondary N) is 1. The number of benzene rings is 2. The zero-order valence-electron chi connectivity index (χ0n) is 17.7. The van der Waals surface area contributed by atoms with Crippen LogP contribution in [-0.2, 0) is 10.5 Å². The zero-order valence-corrected chi connectivity index (χ0v) is 18.6. The number of carbonyl (C=O) groups excluding carboxylic acids is 1. The molecule has 4 rings (SSSR count). The van der Waals surface area contributed by atoms with Crippen LogP contribution in [0, 0.1) is 6.92 Å². The monoisotopic (exact) mass is 446 g/mol. The van der Waals surface area contributed by atoms with Crippen molar-refractivity contribution in [2.45, 2.75) is 17.8 Å². The predicted octanol–water partition coefficient (Wildman–Crippen LogP) is 4.65. The van der Waals surface area contributed by atoms with Crippen molar-refractivity contribution in [3.8, 4) is 11.5 Å². The van der Waals surface area contributed by atoms with Crippen LogP contribution in [0.4, 0.5) is 5.69 Å². The standard InChI is InChI=1S/C24H22N4O3S/c1-16-10-11-25-24(27-16)32-15-18-12-21(22(30-2)13-26-18)31-14-23(29)28-20-9-5-7-17-6-3-4-8-19(17)20/h3-13H,14-15H2,1-2H3,(H,28,29). The Labute approximate surface area is 190 Å². The van der Waals surface area contributed by atoms with Gasteiger partial charge in [0.25, 0.3) is 5.91 Å². The van der Waals surface area contributed by atoms with Crippen LogP contribution in [0.5, 0.6) is 11.5 Å². The summed E-state index contributed by atoms with van der Waals surface area (Å²) in [5, 5.41) is 5.63. The molecule has 0 atom stereocenters. The van der Waals surface area contributed by atoms with Gasteiger partial charge in [0.2, 0.25) is 0 Å². The van der Waals surface area contributed by atoms with Gasteiger partial charge < -0.3 is 14.8 Å². The molecule has 2 heterocycles. The third-order valence-corrected chi connectivity index (χ3v) is 5.55. The first-order valence-corrected chi connectivity index (χ1v) is 11.0. The molecular formula is C24H22N4O3S. The normalized spacial score (nSPS) is 10.7. The molecule has 0 aliphatic heterocycles. The quantitative estimate of drug-likeness (QED) is 0.311. The van der Waals surface area contributed by atoms with Gasteiger partial charge in [-0.2, -0.15) is 0 Å². The molecule has 0 saturated carbocycles. The molecule has 0 spiro atoms. The Morgan fingerprint density at radius 2 is 1.91 bits per heavy atom. The van der Waals surface area contributed by atoms with Gasteiger partial charge in [0.15, 0.2) is 23.3 Å². The second kappa shape index (κ2) is 10.1. The number of carbonyl (C=O) groups is 1. The Kier molecular flexibility index (Phi) is 6.81. The van der Waals surface area contributed by atoms with Crippen molar-refractivity contribution in [3.05, 3.63) is 78.4 Å². The molecule has 0 aliphatic carbocycles. The summed E-state index contributed by atoms with van der Waals surface area (Å²) < 4.78 is 11.1. The van der Waals surface area contributed by atoms with Crippen molar-refractivity contribution >= 4 is 34.1 Å². The van der Waals surface area contributed by atoms with E-state index >= 15 is 0 Å². The van der Waals surface area contributed by atoms with Crippen molar-refractivity contribution in [2.75, 3.05) is 19.0 Å². The van der Waals surface area contributed by atoms with Crippen LogP contribution in [0.25, 0.3) is 10.8 Å². The summed E-state index contributed by atoms with van der Waals surface area (Å²) >= 11 is 1.48. The van der Waals surface area contributed by atoms with Crippen LogP contribution in [0.3, 0.4) is 0 Å². The number of anilines is 1. The minimum Gasteiger partial charge on any atom is -0.491 e. The lowest BCUT2D eigenvalue weighted by Crippen LogP contribution is -2.20. The van der Waals surface area contributed by atoms with Crippen molar-refractivity contribution < 1.29 is 14.3 Å². The van der Waals surface area contributed by atoms with E-state index in [1.54, 1.807) is 18.5 Å². The van der Waals surface area contributed by atoms with Crippen LogP contribution in [0.2, 0.25) is 0 Å². The maximum atomic E-state index is 12.5. The fourth-order valence-corrected chi connectivity index (χ4v) is 3.89. The number of thioether (sulfide) groups is 1. The number of methoxy groups -OCH3 is 1. The number of aryl methyl sites for hydroxylation is 1. The van der Waals surface area contributed by atoms with Gasteiger partial charge in [-0.15, -0.1) is 0 Å². The number of hydrogen-bond donors (Lipinski definition) is 1. The number of aromatic nitrogens is 3. The first-order valence-electron chi connectivity index (χ1n) is 9.98. The van der Waals surface area contributed by atoms with Gasteiger partial charge in [0.05, 0.1) is 19.0 Å². The van der Waals surface area contributed by atoms with Crippen molar-refractivity contribution in [2.24, 2.45) is 0 Å². The molecule has 0 radical (unpaired) electrons. The topological polar surface area (TPSA) is 86.2 Å². The van der Waals surface area contributed by atoms with Crippen LogP contribution < -0.4 is 14.8 Å². The lowest BCUT2D eigenvalue weighted by molar-refractivity contribution is -0.118. The lowest BCUT2D eigenvalue weighted by Gasteiger charge is -2.13. The zero-order chi connectivity index (χ0) is 22.3. The van der Waals surface area contributed by atoms with Crippen molar-refractivity contribution in [1.29, 1.82) is 0 Å². The third-order valence-electron chi connectivity index (χ3n) is 4.65. The maximum Gasteiger partial charge on any atom is 0.262 e. The van der Waals surface area contributed by atoms with Crippen LogP contribution in [0.15, 0.2) is 72.1 Å². The third kappa shape index (κ3) is 5.33. The average Bonchev–Trinajstić information content (AvgIpc) is 2.82. The first kappa shape index (κ1) is 21.6. The fourth-order valence-electron chi connectivity index (χ4n) is 3.11. The summed E-state index contributed by atoms with van der Waals surface area (Å²) in [6, 6.07) is 17.3. The van der Waals surface area contributed by atoms with Gasteiger partial charge in [-0.05, 0) is 24.4 Å². The number of pyridine rings is 1. The Morgan fingerprint density at radius 3 is 2.75 bits per heavy atom. The summed E-state index contributed by atoms with van der Waals surface area (Å²) in [6.07, 6.45) is 3.32. The first-order chi connectivity index (χ1) is 15.6. The summed E-state index contributed by atoms with van der Waals surface area (Å²) in [7, 11) is 1.54. The molecule has 32 heavy (non-hydrogen) atoms. The van der Waals surface area contributed by atoms with E-state index < -0.39 is 0 Å². The smallest absolute Gasteiger partial charge is 0.262 e. The Balaban J connectivity index is 1.41. The fraction of sp³-hybridized carbons (Fsp3) is 0.167. The molecule has 0 fully saturated rings. The van der Waals surface area contributed by atoms with Gasteiger partial charge >= 0.3 is 0 Å². The molecule has 1 N–H and O–H groups in total. The highest BCUT2D eigenvalue weighted by molar-refractivity contribution is 7.98. The molecule has 7 nitrogen and oxygen atoms in total. The van der Waals surface area contributed by atoms with E-state index in [2.05, 4.69) is 20.3 Å². The molecule has 0 bridgehead atoms. The minimum absolute atomic E-state index is 0.156. The maximum absolute atomic E-state index is 12.5. The molecule has 8 heteroatoms. The number of ether oxygens (including phenoxy) is 2. The molecule has 0 unspecified atom stereocenters. The number of amides is 1. The van der Waals surface area contributed by atoms with Gasteiger partial charge in [-0.3, -0.25) is 9.78 Å². The lowest BCUT2D eigenvalue weighted by atomic mass is 10.1. The SMILES string of the molecule is COc1cnc(CSc2nccc(C)n2)cc1OCC(=O)Nc1cccc2ccccc12. The van der Waals surface area contributed by atoms with Crippen molar-refractivity contribution in [1.82, 2.24) is 15.0 Å². The molecule has 1 amide bonds. The van der Waals surface area contributed by atoms with E-state index in [0.717, 1.165) is 27.8 Å². The molecular weight excluding hydrogens is 424 g/mol. The molecule has 162 valence electrons. The minimum atomic E-state index is -0.260. The van der Waals surface area contributed by atoms with E-state index in [0.29, 0.717) is 22.4 Å². The number of hydrogen-bond acceptors (Lipinski definition) is 7. The van der Waals surface area contributed by atoms with Gasteiger partial charge in [-0.25, -0.2) is 9.97 Å². The van der Waals surface area contributed by atoms with Crippen LogP contribution in [-0.4, -0.2) is 34.6 Å².